The van der Waals surface area contributed by atoms with Crippen LogP contribution in [0.2, 0.25) is 0 Å². The van der Waals surface area contributed by atoms with Gasteiger partial charge >= 0.3 is 0 Å². The summed E-state index contributed by atoms with van der Waals surface area (Å²) in [5, 5.41) is 4.01. The zero-order valence-electron chi connectivity index (χ0n) is 10.2. The Labute approximate surface area is 99.6 Å². The quantitative estimate of drug-likeness (QED) is 0.797. The van der Waals surface area contributed by atoms with Crippen molar-refractivity contribution < 1.29 is 8.42 Å². The smallest absolute Gasteiger partial charge is 0.221 e. The molecular formula is C10H14N4O2S. The van der Waals surface area contributed by atoms with Crippen LogP contribution in [0, 0.1) is 6.92 Å². The first-order chi connectivity index (χ1) is 7.80. The molecule has 2 rings (SSSR count). The van der Waals surface area contributed by atoms with Crippen molar-refractivity contribution in [2.75, 3.05) is 6.26 Å². The van der Waals surface area contributed by atoms with Gasteiger partial charge in [-0.15, -0.1) is 0 Å². The molecule has 0 aliphatic rings. The van der Waals surface area contributed by atoms with E-state index in [0.717, 1.165) is 11.8 Å². The summed E-state index contributed by atoms with van der Waals surface area (Å²) in [6, 6.07) is 0. The highest BCUT2D eigenvalue weighted by atomic mass is 32.2. The molecule has 0 amide bonds. The molecule has 0 saturated carbocycles. The van der Waals surface area contributed by atoms with Gasteiger partial charge in [0.15, 0.2) is 5.65 Å². The lowest BCUT2D eigenvalue weighted by Gasteiger charge is -2.04. The van der Waals surface area contributed by atoms with Crippen LogP contribution in [0.4, 0.5) is 0 Å². The van der Waals surface area contributed by atoms with Crippen LogP contribution in [-0.4, -0.2) is 34.3 Å². The first-order valence-corrected chi connectivity index (χ1v) is 7.12. The lowest BCUT2D eigenvalue weighted by molar-refractivity contribution is 0.590. The molecule has 0 aromatic carbocycles. The number of aryl methyl sites for hydroxylation is 1. The Morgan fingerprint density at radius 3 is 2.47 bits per heavy atom. The molecule has 0 fully saturated rings. The molecule has 0 aliphatic carbocycles. The molecule has 92 valence electrons. The number of nitrogens with zero attached hydrogens (tertiary/aromatic N) is 4. The predicted molar refractivity (Wildman–Crippen MR) is 62.7 cm³/mol. The summed E-state index contributed by atoms with van der Waals surface area (Å²) in [7, 11) is -3.40. The second-order valence-electron chi connectivity index (χ2n) is 4.32. The van der Waals surface area contributed by atoms with E-state index >= 15 is 0 Å². The molecule has 0 unspecified atom stereocenters. The van der Waals surface area contributed by atoms with Crippen LogP contribution in [-0.2, 0) is 9.84 Å². The number of rotatable bonds is 2. The lowest BCUT2D eigenvalue weighted by atomic mass is 10.1. The third-order valence-corrected chi connectivity index (χ3v) is 3.34. The minimum absolute atomic E-state index is 0.148. The van der Waals surface area contributed by atoms with Crippen molar-refractivity contribution in [1.29, 1.82) is 0 Å². The van der Waals surface area contributed by atoms with Gasteiger partial charge in [0.25, 0.3) is 5.16 Å². The summed E-state index contributed by atoms with van der Waals surface area (Å²) in [5.74, 6) is 0.747. The van der Waals surface area contributed by atoms with Crippen molar-refractivity contribution in [3.63, 3.8) is 0 Å². The third-order valence-electron chi connectivity index (χ3n) is 2.49. The first kappa shape index (κ1) is 12.0. The Morgan fingerprint density at radius 1 is 1.29 bits per heavy atom. The van der Waals surface area contributed by atoms with Crippen LogP contribution in [0.25, 0.3) is 5.65 Å². The van der Waals surface area contributed by atoms with E-state index in [9.17, 15) is 8.42 Å². The zero-order valence-corrected chi connectivity index (χ0v) is 11.0. The minimum atomic E-state index is -3.40. The van der Waals surface area contributed by atoms with Gasteiger partial charge in [0, 0.05) is 11.8 Å². The zero-order chi connectivity index (χ0) is 12.8. The molecule has 17 heavy (non-hydrogen) atoms. The van der Waals surface area contributed by atoms with E-state index in [2.05, 4.69) is 15.1 Å². The van der Waals surface area contributed by atoms with E-state index in [1.54, 1.807) is 17.6 Å². The Balaban J connectivity index is 2.83. The Kier molecular flexibility index (Phi) is 2.65. The van der Waals surface area contributed by atoms with Gasteiger partial charge in [0.05, 0.1) is 6.20 Å². The fraction of sp³-hybridized carbons (Fsp3) is 0.500. The van der Waals surface area contributed by atoms with Crippen LogP contribution < -0.4 is 0 Å². The van der Waals surface area contributed by atoms with Crippen molar-refractivity contribution in [3.8, 4) is 0 Å². The summed E-state index contributed by atoms with van der Waals surface area (Å²) in [5.41, 5.74) is 1.48. The van der Waals surface area contributed by atoms with Crippen LogP contribution in [0.3, 0.4) is 0 Å². The van der Waals surface area contributed by atoms with Gasteiger partial charge < -0.3 is 0 Å². The van der Waals surface area contributed by atoms with Crippen LogP contribution >= 0.6 is 0 Å². The molecule has 0 atom stereocenters. The monoisotopic (exact) mass is 254 g/mol. The predicted octanol–water partition coefficient (Wildman–Crippen LogP) is 0.960. The fourth-order valence-corrected chi connectivity index (χ4v) is 2.13. The SMILES string of the molecule is Cc1nc(S(C)(=O)=O)nc2c(C(C)C)cnn12. The van der Waals surface area contributed by atoms with Gasteiger partial charge in [-0.1, -0.05) is 13.8 Å². The van der Waals surface area contributed by atoms with Gasteiger partial charge in [-0.05, 0) is 12.8 Å². The Bertz CT molecular complexity index is 673. The molecule has 2 heterocycles. The largest absolute Gasteiger partial charge is 0.250 e. The molecule has 0 spiro atoms. The normalized spacial score (nSPS) is 12.5. The van der Waals surface area contributed by atoms with Crippen LogP contribution in [0.15, 0.2) is 11.4 Å². The van der Waals surface area contributed by atoms with E-state index < -0.39 is 9.84 Å². The molecule has 6 nitrogen and oxygen atoms in total. The molecule has 2 aromatic rings. The van der Waals surface area contributed by atoms with E-state index in [1.165, 1.54) is 0 Å². The molecule has 0 saturated heterocycles. The van der Waals surface area contributed by atoms with Gasteiger partial charge in [0.1, 0.15) is 5.82 Å². The number of fused-ring (bicyclic) bond motifs is 1. The highest BCUT2D eigenvalue weighted by Crippen LogP contribution is 2.19. The molecule has 7 heteroatoms. The van der Waals surface area contributed by atoms with Gasteiger partial charge in [0.2, 0.25) is 9.84 Å². The molecule has 0 radical (unpaired) electrons. The highest BCUT2D eigenvalue weighted by Gasteiger charge is 2.17. The summed E-state index contributed by atoms with van der Waals surface area (Å²) < 4.78 is 24.5. The minimum Gasteiger partial charge on any atom is -0.221 e. The number of hydrogen-bond donors (Lipinski definition) is 0. The Morgan fingerprint density at radius 2 is 1.94 bits per heavy atom. The molecular weight excluding hydrogens is 240 g/mol. The fourth-order valence-electron chi connectivity index (χ4n) is 1.58. The first-order valence-electron chi connectivity index (χ1n) is 5.23. The lowest BCUT2D eigenvalue weighted by Crippen LogP contribution is -2.10. The molecule has 0 aliphatic heterocycles. The summed E-state index contributed by atoms with van der Waals surface area (Å²) >= 11 is 0. The highest BCUT2D eigenvalue weighted by molar-refractivity contribution is 7.90. The van der Waals surface area contributed by atoms with E-state index in [0.29, 0.717) is 11.5 Å². The van der Waals surface area contributed by atoms with Crippen molar-refractivity contribution in [3.05, 3.63) is 17.6 Å². The van der Waals surface area contributed by atoms with Crippen molar-refractivity contribution in [1.82, 2.24) is 19.6 Å². The summed E-state index contributed by atoms with van der Waals surface area (Å²) in [4.78, 5) is 8.04. The van der Waals surface area contributed by atoms with Crippen molar-refractivity contribution in [2.24, 2.45) is 0 Å². The van der Waals surface area contributed by atoms with Crippen LogP contribution in [0.5, 0.6) is 0 Å². The van der Waals surface area contributed by atoms with E-state index in [1.807, 2.05) is 13.8 Å². The third kappa shape index (κ3) is 2.02. The summed E-state index contributed by atoms with van der Waals surface area (Å²) in [6.45, 7) is 5.73. The maximum absolute atomic E-state index is 11.5. The van der Waals surface area contributed by atoms with Crippen molar-refractivity contribution >= 4 is 15.5 Å². The van der Waals surface area contributed by atoms with Gasteiger partial charge in [-0.25, -0.2) is 17.9 Å². The molecule has 0 N–H and O–H groups in total. The Hall–Kier alpha value is -1.50. The number of sulfone groups is 1. The maximum Gasteiger partial charge on any atom is 0.250 e. The molecule has 2 aromatic heterocycles. The van der Waals surface area contributed by atoms with Crippen molar-refractivity contribution in [2.45, 2.75) is 31.8 Å². The maximum atomic E-state index is 11.5. The second kappa shape index (κ2) is 3.76. The standard InChI is InChI=1S/C10H14N4O2S/c1-6(2)8-5-11-14-7(3)12-10(13-9(8)14)17(4,15)16/h5-6H,1-4H3. The average Bonchev–Trinajstić information content (AvgIpc) is 2.60. The topological polar surface area (TPSA) is 77.2 Å². The van der Waals surface area contributed by atoms with Crippen LogP contribution in [0.1, 0.15) is 31.2 Å². The number of aromatic nitrogens is 4. The second-order valence-corrected chi connectivity index (χ2v) is 6.23. The molecule has 0 bridgehead atoms. The van der Waals surface area contributed by atoms with Gasteiger partial charge in [-0.2, -0.15) is 10.1 Å². The summed E-state index contributed by atoms with van der Waals surface area (Å²) in [6.07, 6.45) is 2.80. The van der Waals surface area contributed by atoms with Gasteiger partial charge in [-0.3, -0.25) is 0 Å². The average molecular weight is 254 g/mol. The van der Waals surface area contributed by atoms with E-state index in [-0.39, 0.29) is 11.1 Å². The van der Waals surface area contributed by atoms with E-state index in [4.69, 9.17) is 0 Å². The number of hydrogen-bond acceptors (Lipinski definition) is 5.